The normalized spacial score (nSPS) is 10.9. The zero-order valence-corrected chi connectivity index (χ0v) is 11.5. The van der Waals surface area contributed by atoms with Crippen LogP contribution < -0.4 is 0 Å². The molecule has 0 saturated heterocycles. The Morgan fingerprint density at radius 2 is 2.00 bits per heavy atom. The van der Waals surface area contributed by atoms with Gasteiger partial charge < -0.3 is 14.4 Å². The molecule has 1 amide bonds. The lowest BCUT2D eigenvalue weighted by molar-refractivity contribution is -0.137. The molecule has 0 aliphatic carbocycles. The van der Waals surface area contributed by atoms with Gasteiger partial charge in [-0.2, -0.15) is 0 Å². The number of fused-ring (bicyclic) bond motifs is 1. The number of hydrogen-bond donors (Lipinski definition) is 1. The fraction of sp³-hybridized carbons (Fsp3) is 0.333. The highest BCUT2D eigenvalue weighted by Crippen LogP contribution is 2.20. The number of amides is 1. The van der Waals surface area contributed by atoms with E-state index >= 15 is 0 Å². The quantitative estimate of drug-likeness (QED) is 0.910. The van der Waals surface area contributed by atoms with Crippen molar-refractivity contribution < 1.29 is 19.1 Å². The van der Waals surface area contributed by atoms with Crippen LogP contribution in [0, 0.1) is 5.92 Å². The number of aliphatic carboxylic acids is 1. The molecule has 0 spiro atoms. The fourth-order valence-electron chi connectivity index (χ4n) is 2.07. The first-order valence-electron chi connectivity index (χ1n) is 6.47. The van der Waals surface area contributed by atoms with Gasteiger partial charge in [0.2, 0.25) is 0 Å². The van der Waals surface area contributed by atoms with E-state index in [1.54, 1.807) is 12.1 Å². The molecule has 2 rings (SSSR count). The molecule has 0 saturated carbocycles. The zero-order valence-electron chi connectivity index (χ0n) is 11.5. The largest absolute Gasteiger partial charge is 0.480 e. The first-order valence-corrected chi connectivity index (χ1v) is 6.47. The number of carboxylic acids is 1. The van der Waals surface area contributed by atoms with Crippen LogP contribution in [0.1, 0.15) is 24.4 Å². The van der Waals surface area contributed by atoms with E-state index < -0.39 is 11.9 Å². The van der Waals surface area contributed by atoms with E-state index in [0.29, 0.717) is 12.1 Å². The lowest BCUT2D eigenvalue weighted by Gasteiger charge is -2.21. The van der Waals surface area contributed by atoms with Gasteiger partial charge >= 0.3 is 5.97 Å². The van der Waals surface area contributed by atoms with Crippen molar-refractivity contribution in [3.63, 3.8) is 0 Å². The van der Waals surface area contributed by atoms with Crippen LogP contribution in [0.25, 0.3) is 11.0 Å². The summed E-state index contributed by atoms with van der Waals surface area (Å²) in [5, 5.41) is 9.74. The molecule has 106 valence electrons. The van der Waals surface area contributed by atoms with Crippen molar-refractivity contribution in [1.82, 2.24) is 4.90 Å². The van der Waals surface area contributed by atoms with Crippen LogP contribution in [0.15, 0.2) is 34.7 Å². The van der Waals surface area contributed by atoms with E-state index in [0.717, 1.165) is 5.39 Å². The lowest BCUT2D eigenvalue weighted by Crippen LogP contribution is -2.38. The molecule has 0 atom stereocenters. The van der Waals surface area contributed by atoms with Gasteiger partial charge in [0.1, 0.15) is 12.1 Å². The lowest BCUT2D eigenvalue weighted by atomic mass is 10.2. The summed E-state index contributed by atoms with van der Waals surface area (Å²) in [6, 6.07) is 8.95. The molecular formula is C15H17NO4. The molecule has 0 unspecified atom stereocenters. The third-order valence-corrected chi connectivity index (χ3v) is 2.84. The van der Waals surface area contributed by atoms with Crippen molar-refractivity contribution in [3.05, 3.63) is 36.1 Å². The summed E-state index contributed by atoms with van der Waals surface area (Å²) in [6.07, 6.45) is 0. The first kappa shape index (κ1) is 14.1. The van der Waals surface area contributed by atoms with E-state index in [4.69, 9.17) is 9.52 Å². The highest BCUT2D eigenvalue weighted by atomic mass is 16.4. The molecule has 1 aromatic heterocycles. The van der Waals surface area contributed by atoms with Gasteiger partial charge in [0, 0.05) is 11.9 Å². The number of carbonyl (C=O) groups is 2. The van der Waals surface area contributed by atoms with Gasteiger partial charge in [-0.05, 0) is 18.1 Å². The molecular weight excluding hydrogens is 258 g/mol. The SMILES string of the molecule is CC(C)CN(CC(=O)O)C(=O)c1cc2ccccc2o1. The summed E-state index contributed by atoms with van der Waals surface area (Å²) >= 11 is 0. The van der Waals surface area contributed by atoms with Crippen LogP contribution in [0.4, 0.5) is 0 Å². The summed E-state index contributed by atoms with van der Waals surface area (Å²) in [5.74, 6) is -1.07. The molecule has 1 heterocycles. The molecule has 0 radical (unpaired) electrons. The molecule has 5 heteroatoms. The third-order valence-electron chi connectivity index (χ3n) is 2.84. The maximum absolute atomic E-state index is 12.4. The minimum Gasteiger partial charge on any atom is -0.480 e. The Bertz CT molecular complexity index is 597. The highest BCUT2D eigenvalue weighted by molar-refractivity contribution is 5.97. The number of carbonyl (C=O) groups excluding carboxylic acids is 1. The van der Waals surface area contributed by atoms with Crippen molar-refractivity contribution in [3.8, 4) is 0 Å². The Morgan fingerprint density at radius 3 is 2.60 bits per heavy atom. The van der Waals surface area contributed by atoms with Crippen LogP contribution in [0.3, 0.4) is 0 Å². The van der Waals surface area contributed by atoms with Gasteiger partial charge in [-0.15, -0.1) is 0 Å². The monoisotopic (exact) mass is 275 g/mol. The van der Waals surface area contributed by atoms with Crippen molar-refractivity contribution in [2.75, 3.05) is 13.1 Å². The number of nitrogens with zero attached hydrogens (tertiary/aromatic N) is 1. The topological polar surface area (TPSA) is 70.8 Å². The molecule has 1 aromatic carbocycles. The Kier molecular flexibility index (Phi) is 4.08. The van der Waals surface area contributed by atoms with Crippen LogP contribution in [0.5, 0.6) is 0 Å². The van der Waals surface area contributed by atoms with Gasteiger partial charge in [0.05, 0.1) is 0 Å². The fourth-order valence-corrected chi connectivity index (χ4v) is 2.07. The molecule has 0 fully saturated rings. The van der Waals surface area contributed by atoms with Crippen molar-refractivity contribution >= 4 is 22.8 Å². The Hall–Kier alpha value is -2.30. The van der Waals surface area contributed by atoms with E-state index in [2.05, 4.69) is 0 Å². The number of para-hydroxylation sites is 1. The summed E-state index contributed by atoms with van der Waals surface area (Å²) in [6.45, 7) is 3.91. The molecule has 2 aromatic rings. The predicted molar refractivity (Wildman–Crippen MR) is 74.6 cm³/mol. The third kappa shape index (κ3) is 3.17. The van der Waals surface area contributed by atoms with Crippen molar-refractivity contribution in [2.24, 2.45) is 5.92 Å². The number of rotatable bonds is 5. The molecule has 5 nitrogen and oxygen atoms in total. The summed E-state index contributed by atoms with van der Waals surface area (Å²) < 4.78 is 5.49. The van der Waals surface area contributed by atoms with E-state index in [-0.39, 0.29) is 18.2 Å². The maximum atomic E-state index is 12.4. The Labute approximate surface area is 116 Å². The smallest absolute Gasteiger partial charge is 0.323 e. The van der Waals surface area contributed by atoms with E-state index in [1.807, 2.05) is 32.0 Å². The summed E-state index contributed by atoms with van der Waals surface area (Å²) in [4.78, 5) is 24.5. The molecule has 0 aliphatic rings. The Balaban J connectivity index is 2.27. The number of hydrogen-bond acceptors (Lipinski definition) is 3. The summed E-state index contributed by atoms with van der Waals surface area (Å²) in [7, 11) is 0. The van der Waals surface area contributed by atoms with Crippen LogP contribution in [0.2, 0.25) is 0 Å². The second-order valence-electron chi connectivity index (χ2n) is 5.12. The van der Waals surface area contributed by atoms with Crippen LogP contribution >= 0.6 is 0 Å². The van der Waals surface area contributed by atoms with Gasteiger partial charge in [-0.1, -0.05) is 32.0 Å². The van der Waals surface area contributed by atoms with E-state index in [1.165, 1.54) is 4.90 Å². The second kappa shape index (κ2) is 5.77. The maximum Gasteiger partial charge on any atom is 0.323 e. The number of benzene rings is 1. The average Bonchev–Trinajstić information content (AvgIpc) is 2.79. The highest BCUT2D eigenvalue weighted by Gasteiger charge is 2.22. The molecule has 20 heavy (non-hydrogen) atoms. The van der Waals surface area contributed by atoms with Crippen molar-refractivity contribution in [2.45, 2.75) is 13.8 Å². The Morgan fingerprint density at radius 1 is 1.30 bits per heavy atom. The molecule has 0 bridgehead atoms. The van der Waals surface area contributed by atoms with Crippen LogP contribution in [-0.4, -0.2) is 35.0 Å². The zero-order chi connectivity index (χ0) is 14.7. The number of carboxylic acid groups (broad SMARTS) is 1. The second-order valence-corrected chi connectivity index (χ2v) is 5.12. The van der Waals surface area contributed by atoms with Crippen molar-refractivity contribution in [1.29, 1.82) is 0 Å². The minimum atomic E-state index is -1.03. The van der Waals surface area contributed by atoms with Gasteiger partial charge in [0.15, 0.2) is 5.76 Å². The van der Waals surface area contributed by atoms with Gasteiger partial charge in [0.25, 0.3) is 5.91 Å². The molecule has 1 N–H and O–H groups in total. The van der Waals surface area contributed by atoms with E-state index in [9.17, 15) is 9.59 Å². The standard InChI is InChI=1S/C15H17NO4/c1-10(2)8-16(9-14(17)18)15(19)13-7-11-5-3-4-6-12(11)20-13/h3-7,10H,8-9H2,1-2H3,(H,17,18). The number of furan rings is 1. The van der Waals surface area contributed by atoms with Gasteiger partial charge in [-0.25, -0.2) is 0 Å². The average molecular weight is 275 g/mol. The van der Waals surface area contributed by atoms with Crippen LogP contribution in [-0.2, 0) is 4.79 Å². The predicted octanol–water partition coefficient (Wildman–Crippen LogP) is 2.62. The minimum absolute atomic E-state index is 0.174. The van der Waals surface area contributed by atoms with Gasteiger partial charge in [-0.3, -0.25) is 9.59 Å². The first-order chi connectivity index (χ1) is 9.47. The molecule has 0 aliphatic heterocycles. The summed E-state index contributed by atoms with van der Waals surface area (Å²) in [5.41, 5.74) is 0.621.